The van der Waals surface area contributed by atoms with Crippen LogP contribution in [0.1, 0.15) is 30.5 Å². The number of ether oxygens (including phenoxy) is 2. The molecule has 0 saturated carbocycles. The van der Waals surface area contributed by atoms with Crippen molar-refractivity contribution in [2.75, 3.05) is 26.2 Å². The van der Waals surface area contributed by atoms with E-state index in [1.54, 1.807) is 20.3 Å². The first-order chi connectivity index (χ1) is 14.7. The molecule has 0 atom stereocenters. The second kappa shape index (κ2) is 9.20. The van der Waals surface area contributed by atoms with Gasteiger partial charge in [-0.2, -0.15) is 0 Å². The van der Waals surface area contributed by atoms with Crippen molar-refractivity contribution in [1.29, 1.82) is 5.41 Å². The number of rotatable bonds is 8. The van der Waals surface area contributed by atoms with E-state index in [1.165, 1.54) is 0 Å². The zero-order valence-electron chi connectivity index (χ0n) is 19.0. The van der Waals surface area contributed by atoms with E-state index in [4.69, 9.17) is 14.9 Å². The second-order valence-corrected chi connectivity index (χ2v) is 8.05. The van der Waals surface area contributed by atoms with Crippen LogP contribution in [0.4, 0.5) is 5.95 Å². The Bertz CT molecular complexity index is 1170. The zero-order valence-corrected chi connectivity index (χ0v) is 19.0. The van der Waals surface area contributed by atoms with Crippen LogP contribution >= 0.6 is 0 Å². The van der Waals surface area contributed by atoms with Crippen molar-refractivity contribution < 1.29 is 9.47 Å². The number of aromatic amines is 1. The Morgan fingerprint density at radius 1 is 1.19 bits per heavy atom. The van der Waals surface area contributed by atoms with E-state index in [-0.39, 0.29) is 11.5 Å². The third-order valence-electron chi connectivity index (χ3n) is 5.43. The Hall–Kier alpha value is -3.35. The van der Waals surface area contributed by atoms with Gasteiger partial charge in [0.2, 0.25) is 5.95 Å². The fraction of sp³-hybridized carbons (Fsp3) is 0.375. The number of aromatic nitrogens is 2. The molecule has 7 heteroatoms. The van der Waals surface area contributed by atoms with Gasteiger partial charge in [0.05, 0.1) is 25.1 Å². The van der Waals surface area contributed by atoms with Crippen LogP contribution in [-0.4, -0.2) is 36.9 Å². The van der Waals surface area contributed by atoms with E-state index in [2.05, 4.69) is 16.0 Å². The number of fused-ring (bicyclic) bond motifs is 1. The monoisotopic (exact) mass is 422 g/mol. The normalized spacial score (nSPS) is 11.1. The lowest BCUT2D eigenvalue weighted by molar-refractivity contribution is 0.354. The predicted octanol–water partition coefficient (Wildman–Crippen LogP) is 4.10. The molecule has 0 unspecified atom stereocenters. The highest BCUT2D eigenvalue weighted by Gasteiger charge is 2.17. The van der Waals surface area contributed by atoms with Gasteiger partial charge in [-0.25, -0.2) is 4.98 Å². The lowest BCUT2D eigenvalue weighted by atomic mass is 9.99. The summed E-state index contributed by atoms with van der Waals surface area (Å²) >= 11 is 0. The average Bonchev–Trinajstić information content (AvgIpc) is 2.73. The lowest BCUT2D eigenvalue weighted by Gasteiger charge is -2.19. The maximum atomic E-state index is 12.8. The molecule has 3 rings (SSSR count). The quantitative estimate of drug-likeness (QED) is 0.533. The number of hydrogen-bond acceptors (Lipinski definition) is 6. The summed E-state index contributed by atoms with van der Waals surface area (Å²) in [5, 5.41) is 8.62. The Labute approximate surface area is 182 Å². The summed E-state index contributed by atoms with van der Waals surface area (Å²) in [5.41, 5.74) is 3.94. The van der Waals surface area contributed by atoms with Crippen molar-refractivity contribution in [3.8, 4) is 11.5 Å². The van der Waals surface area contributed by atoms with Crippen LogP contribution < -0.4 is 19.9 Å². The number of hydrogen-bond donors (Lipinski definition) is 2. The molecule has 0 aliphatic rings. The van der Waals surface area contributed by atoms with Crippen molar-refractivity contribution in [2.24, 2.45) is 5.92 Å². The van der Waals surface area contributed by atoms with Gasteiger partial charge < -0.3 is 19.8 Å². The summed E-state index contributed by atoms with van der Waals surface area (Å²) in [5.74, 6) is 1.79. The van der Waals surface area contributed by atoms with Crippen LogP contribution in [0.2, 0.25) is 0 Å². The first kappa shape index (κ1) is 22.3. The molecule has 1 aromatic heterocycles. The van der Waals surface area contributed by atoms with Gasteiger partial charge in [0.1, 0.15) is 0 Å². The van der Waals surface area contributed by atoms with Gasteiger partial charge in [0.15, 0.2) is 11.5 Å². The number of anilines is 1. The van der Waals surface area contributed by atoms with Gasteiger partial charge in [0.25, 0.3) is 5.56 Å². The van der Waals surface area contributed by atoms with Crippen LogP contribution in [0, 0.1) is 18.3 Å². The van der Waals surface area contributed by atoms with Gasteiger partial charge in [0, 0.05) is 37.4 Å². The Morgan fingerprint density at radius 2 is 1.90 bits per heavy atom. The maximum absolute atomic E-state index is 12.8. The molecule has 0 spiro atoms. The van der Waals surface area contributed by atoms with Gasteiger partial charge in [-0.05, 0) is 24.0 Å². The molecule has 0 bridgehead atoms. The van der Waals surface area contributed by atoms with E-state index in [1.807, 2.05) is 50.9 Å². The number of nitrogens with zero attached hydrogens (tertiary/aromatic N) is 2. The Balaban J connectivity index is 1.92. The number of benzene rings is 2. The Kier molecular flexibility index (Phi) is 6.63. The SMILES string of the molecule is COc1cc2nc(N(C)Cc3cccc(CC(=N)C(C)C)c3)[nH]c(=O)c2c(C)c1OC. The van der Waals surface area contributed by atoms with E-state index >= 15 is 0 Å². The molecule has 0 aliphatic heterocycles. The summed E-state index contributed by atoms with van der Waals surface area (Å²) in [6.07, 6.45) is 0.640. The summed E-state index contributed by atoms with van der Waals surface area (Å²) in [6, 6.07) is 9.91. The number of H-pyrrole nitrogens is 1. The highest BCUT2D eigenvalue weighted by atomic mass is 16.5. The van der Waals surface area contributed by atoms with Gasteiger partial charge in [-0.1, -0.05) is 38.1 Å². The largest absolute Gasteiger partial charge is 0.493 e. The van der Waals surface area contributed by atoms with Crippen LogP contribution in [0.5, 0.6) is 11.5 Å². The summed E-state index contributed by atoms with van der Waals surface area (Å²) in [7, 11) is 5.01. The number of nitrogens with one attached hydrogen (secondary N) is 2. The van der Waals surface area contributed by atoms with Crippen molar-refractivity contribution in [1.82, 2.24) is 9.97 Å². The first-order valence-corrected chi connectivity index (χ1v) is 10.3. The van der Waals surface area contributed by atoms with E-state index < -0.39 is 0 Å². The molecule has 0 fully saturated rings. The lowest BCUT2D eigenvalue weighted by Crippen LogP contribution is -2.23. The third-order valence-corrected chi connectivity index (χ3v) is 5.43. The van der Waals surface area contributed by atoms with Crippen molar-refractivity contribution in [2.45, 2.75) is 33.7 Å². The van der Waals surface area contributed by atoms with Crippen LogP contribution in [0.25, 0.3) is 10.9 Å². The second-order valence-electron chi connectivity index (χ2n) is 8.05. The number of aryl methyl sites for hydroxylation is 1. The molecule has 0 aliphatic carbocycles. The molecule has 3 aromatic rings. The van der Waals surface area contributed by atoms with Gasteiger partial charge >= 0.3 is 0 Å². The van der Waals surface area contributed by atoms with Crippen molar-refractivity contribution >= 4 is 22.6 Å². The smallest absolute Gasteiger partial charge is 0.260 e. The predicted molar refractivity (Wildman–Crippen MR) is 125 cm³/mol. The molecular formula is C24H30N4O3. The molecule has 0 radical (unpaired) electrons. The number of methoxy groups -OCH3 is 2. The minimum Gasteiger partial charge on any atom is -0.493 e. The topological polar surface area (TPSA) is 91.3 Å². The highest BCUT2D eigenvalue weighted by Crippen LogP contribution is 2.35. The fourth-order valence-electron chi connectivity index (χ4n) is 3.63. The van der Waals surface area contributed by atoms with Gasteiger partial charge in [-0.3, -0.25) is 9.78 Å². The van der Waals surface area contributed by atoms with E-state index in [0.29, 0.717) is 52.6 Å². The summed E-state index contributed by atoms with van der Waals surface area (Å²) in [4.78, 5) is 22.3. The minimum absolute atomic E-state index is 0.218. The van der Waals surface area contributed by atoms with Crippen LogP contribution in [0.15, 0.2) is 35.1 Å². The molecule has 164 valence electrons. The van der Waals surface area contributed by atoms with Crippen LogP contribution in [0.3, 0.4) is 0 Å². The molecule has 2 aromatic carbocycles. The molecule has 7 nitrogen and oxygen atoms in total. The maximum Gasteiger partial charge on any atom is 0.260 e. The summed E-state index contributed by atoms with van der Waals surface area (Å²) < 4.78 is 10.8. The van der Waals surface area contributed by atoms with E-state index in [0.717, 1.165) is 11.1 Å². The van der Waals surface area contributed by atoms with Gasteiger partial charge in [-0.15, -0.1) is 0 Å². The minimum atomic E-state index is -0.218. The molecule has 2 N–H and O–H groups in total. The molecular weight excluding hydrogens is 392 g/mol. The standard InChI is InChI=1S/C24H30N4O3/c1-14(2)18(25)11-16-8-7-9-17(10-16)13-28(4)24-26-19-12-20(30-5)22(31-6)15(3)21(19)23(29)27-24/h7-10,12,14,25H,11,13H2,1-6H3,(H,26,27,29). The first-order valence-electron chi connectivity index (χ1n) is 10.3. The third kappa shape index (κ3) is 4.71. The fourth-order valence-corrected chi connectivity index (χ4v) is 3.63. The summed E-state index contributed by atoms with van der Waals surface area (Å²) in [6.45, 7) is 6.47. The van der Waals surface area contributed by atoms with Crippen molar-refractivity contribution in [3.05, 3.63) is 57.4 Å². The highest BCUT2D eigenvalue weighted by molar-refractivity contribution is 5.87. The average molecular weight is 423 g/mol. The Morgan fingerprint density at radius 3 is 2.55 bits per heavy atom. The van der Waals surface area contributed by atoms with Crippen molar-refractivity contribution in [3.63, 3.8) is 0 Å². The van der Waals surface area contributed by atoms with Crippen LogP contribution in [-0.2, 0) is 13.0 Å². The molecule has 31 heavy (non-hydrogen) atoms. The zero-order chi connectivity index (χ0) is 22.7. The molecule has 0 amide bonds. The molecule has 1 heterocycles. The van der Waals surface area contributed by atoms with E-state index in [9.17, 15) is 4.79 Å². The molecule has 0 saturated heterocycles.